The Labute approximate surface area is 103 Å². The molecule has 0 spiro atoms. The second-order valence-electron chi connectivity index (χ2n) is 4.37. The van der Waals surface area contributed by atoms with Crippen molar-refractivity contribution in [3.05, 3.63) is 18.0 Å². The quantitative estimate of drug-likeness (QED) is 0.790. The molecule has 0 radical (unpaired) electrons. The minimum atomic E-state index is -2.91. The van der Waals surface area contributed by atoms with E-state index in [1.54, 1.807) is 10.9 Å². The van der Waals surface area contributed by atoms with Crippen molar-refractivity contribution in [2.45, 2.75) is 25.8 Å². The summed E-state index contributed by atoms with van der Waals surface area (Å²) in [4.78, 5) is 0. The van der Waals surface area contributed by atoms with Crippen LogP contribution in [0.4, 0.5) is 0 Å². The van der Waals surface area contributed by atoms with Crippen LogP contribution in [0.1, 0.15) is 31.4 Å². The minimum absolute atomic E-state index is 0.0679. The number of nitrogens with zero attached hydrogens (tertiary/aromatic N) is 2. The summed E-state index contributed by atoms with van der Waals surface area (Å²) in [5.74, 6) is 0.198. The van der Waals surface area contributed by atoms with E-state index in [2.05, 4.69) is 17.3 Å². The predicted molar refractivity (Wildman–Crippen MR) is 68.6 cm³/mol. The van der Waals surface area contributed by atoms with Crippen LogP contribution in [0.2, 0.25) is 0 Å². The molecule has 0 fully saturated rings. The lowest BCUT2D eigenvalue weighted by atomic mass is 10.1. The molecule has 0 aliphatic rings. The predicted octanol–water partition coefficient (Wildman–Crippen LogP) is 0.895. The van der Waals surface area contributed by atoms with Gasteiger partial charge < -0.3 is 5.32 Å². The van der Waals surface area contributed by atoms with Crippen LogP contribution in [0.5, 0.6) is 0 Å². The number of hydrogen-bond acceptors (Lipinski definition) is 4. The molecule has 0 bridgehead atoms. The van der Waals surface area contributed by atoms with Crippen LogP contribution in [0.15, 0.2) is 12.4 Å². The Morgan fingerprint density at radius 2 is 2.24 bits per heavy atom. The number of hydrogen-bond donors (Lipinski definition) is 1. The van der Waals surface area contributed by atoms with E-state index in [0.29, 0.717) is 6.42 Å². The molecule has 0 saturated carbocycles. The molecule has 0 aliphatic heterocycles. The first kappa shape index (κ1) is 14.2. The highest BCUT2D eigenvalue weighted by molar-refractivity contribution is 7.90. The maximum atomic E-state index is 11.2. The van der Waals surface area contributed by atoms with Crippen LogP contribution in [0.25, 0.3) is 0 Å². The SMILES string of the molecule is CCCNC(CCS(C)(=O)=O)c1cnn(C)c1. The molecule has 6 heteroatoms. The van der Waals surface area contributed by atoms with Crippen molar-refractivity contribution in [2.75, 3.05) is 18.6 Å². The Morgan fingerprint density at radius 1 is 1.53 bits per heavy atom. The van der Waals surface area contributed by atoms with Crippen molar-refractivity contribution in [1.29, 1.82) is 0 Å². The molecule has 1 N–H and O–H groups in total. The van der Waals surface area contributed by atoms with Crippen molar-refractivity contribution in [3.63, 3.8) is 0 Å². The zero-order chi connectivity index (χ0) is 12.9. The van der Waals surface area contributed by atoms with Gasteiger partial charge in [-0.2, -0.15) is 5.10 Å². The molecule has 5 nitrogen and oxygen atoms in total. The van der Waals surface area contributed by atoms with E-state index in [4.69, 9.17) is 0 Å². The highest BCUT2D eigenvalue weighted by Crippen LogP contribution is 2.16. The van der Waals surface area contributed by atoms with Gasteiger partial charge in [0, 0.05) is 31.1 Å². The van der Waals surface area contributed by atoms with Crippen LogP contribution in [0.3, 0.4) is 0 Å². The van der Waals surface area contributed by atoms with Gasteiger partial charge in [-0.05, 0) is 19.4 Å². The Hall–Kier alpha value is -0.880. The van der Waals surface area contributed by atoms with Crippen molar-refractivity contribution in [2.24, 2.45) is 7.05 Å². The van der Waals surface area contributed by atoms with E-state index < -0.39 is 9.84 Å². The van der Waals surface area contributed by atoms with Crippen LogP contribution in [-0.4, -0.2) is 36.8 Å². The average molecular weight is 259 g/mol. The standard InChI is InChI=1S/C11H21N3O2S/c1-4-6-12-11(5-7-17(3,15)16)10-8-13-14(2)9-10/h8-9,11-12H,4-7H2,1-3H3. The first-order valence-electron chi connectivity index (χ1n) is 5.82. The van der Waals surface area contributed by atoms with Crippen molar-refractivity contribution in [3.8, 4) is 0 Å². The van der Waals surface area contributed by atoms with E-state index in [0.717, 1.165) is 18.5 Å². The third-order valence-corrected chi connectivity index (χ3v) is 3.52. The average Bonchev–Trinajstić information content (AvgIpc) is 2.63. The van der Waals surface area contributed by atoms with Crippen molar-refractivity contribution in [1.82, 2.24) is 15.1 Å². The molecule has 1 aromatic rings. The molecule has 1 rings (SSSR count). The van der Waals surface area contributed by atoms with E-state index in [-0.39, 0.29) is 11.8 Å². The molecule has 1 heterocycles. The smallest absolute Gasteiger partial charge is 0.147 e. The van der Waals surface area contributed by atoms with Crippen molar-refractivity contribution >= 4 is 9.84 Å². The molecule has 1 aromatic heterocycles. The number of nitrogens with one attached hydrogen (secondary N) is 1. The highest BCUT2D eigenvalue weighted by atomic mass is 32.2. The maximum Gasteiger partial charge on any atom is 0.147 e. The Morgan fingerprint density at radius 3 is 2.71 bits per heavy atom. The fraction of sp³-hybridized carbons (Fsp3) is 0.727. The molecule has 17 heavy (non-hydrogen) atoms. The Kier molecular flexibility index (Phi) is 5.14. The van der Waals surface area contributed by atoms with Crippen LogP contribution in [-0.2, 0) is 16.9 Å². The fourth-order valence-corrected chi connectivity index (χ4v) is 2.32. The van der Waals surface area contributed by atoms with E-state index in [1.165, 1.54) is 6.26 Å². The number of aromatic nitrogens is 2. The second-order valence-corrected chi connectivity index (χ2v) is 6.63. The summed E-state index contributed by atoms with van der Waals surface area (Å²) in [5, 5.41) is 7.47. The molecule has 0 amide bonds. The summed E-state index contributed by atoms with van der Waals surface area (Å²) in [6, 6.07) is 0.0679. The van der Waals surface area contributed by atoms with Gasteiger partial charge >= 0.3 is 0 Å². The van der Waals surface area contributed by atoms with E-state index in [9.17, 15) is 8.42 Å². The van der Waals surface area contributed by atoms with Gasteiger partial charge in [-0.3, -0.25) is 4.68 Å². The maximum absolute atomic E-state index is 11.2. The number of aryl methyl sites for hydroxylation is 1. The van der Waals surface area contributed by atoms with Gasteiger partial charge in [-0.1, -0.05) is 6.92 Å². The van der Waals surface area contributed by atoms with Gasteiger partial charge in [0.15, 0.2) is 0 Å². The monoisotopic (exact) mass is 259 g/mol. The summed E-state index contributed by atoms with van der Waals surface area (Å²) in [6.07, 6.45) is 6.60. The molecule has 0 saturated heterocycles. The minimum Gasteiger partial charge on any atom is -0.310 e. The molecule has 0 aromatic carbocycles. The van der Waals surface area contributed by atoms with E-state index >= 15 is 0 Å². The zero-order valence-corrected chi connectivity index (χ0v) is 11.5. The molecule has 1 atom stereocenters. The molecular weight excluding hydrogens is 238 g/mol. The molecular formula is C11H21N3O2S. The first-order valence-corrected chi connectivity index (χ1v) is 7.88. The van der Waals surface area contributed by atoms with Crippen LogP contribution < -0.4 is 5.32 Å². The third-order valence-electron chi connectivity index (χ3n) is 2.55. The fourth-order valence-electron chi connectivity index (χ4n) is 1.66. The largest absolute Gasteiger partial charge is 0.310 e. The summed E-state index contributed by atoms with van der Waals surface area (Å²) in [6.45, 7) is 2.97. The van der Waals surface area contributed by atoms with Gasteiger partial charge in [0.1, 0.15) is 9.84 Å². The number of sulfone groups is 1. The Bertz CT molecular complexity index is 439. The lowest BCUT2D eigenvalue weighted by Crippen LogP contribution is -2.24. The lowest BCUT2D eigenvalue weighted by Gasteiger charge is -2.16. The summed E-state index contributed by atoms with van der Waals surface area (Å²) < 4.78 is 24.1. The second kappa shape index (κ2) is 6.16. The van der Waals surface area contributed by atoms with Crippen molar-refractivity contribution < 1.29 is 8.42 Å². The zero-order valence-electron chi connectivity index (χ0n) is 10.7. The summed E-state index contributed by atoms with van der Waals surface area (Å²) in [5.41, 5.74) is 1.05. The third kappa shape index (κ3) is 5.32. The van der Waals surface area contributed by atoms with Gasteiger partial charge in [-0.15, -0.1) is 0 Å². The summed E-state index contributed by atoms with van der Waals surface area (Å²) in [7, 11) is -1.05. The molecule has 0 aliphatic carbocycles. The van der Waals surface area contributed by atoms with E-state index in [1.807, 2.05) is 13.2 Å². The normalized spacial score (nSPS) is 13.8. The van der Waals surface area contributed by atoms with Gasteiger partial charge in [-0.25, -0.2) is 8.42 Å². The van der Waals surface area contributed by atoms with Gasteiger partial charge in [0.2, 0.25) is 0 Å². The lowest BCUT2D eigenvalue weighted by molar-refractivity contribution is 0.513. The molecule has 98 valence electrons. The van der Waals surface area contributed by atoms with Gasteiger partial charge in [0.25, 0.3) is 0 Å². The Balaban J connectivity index is 2.67. The number of rotatable bonds is 7. The topological polar surface area (TPSA) is 64.0 Å². The highest BCUT2D eigenvalue weighted by Gasteiger charge is 2.15. The molecule has 1 unspecified atom stereocenters. The van der Waals surface area contributed by atoms with Crippen LogP contribution >= 0.6 is 0 Å². The van der Waals surface area contributed by atoms with Crippen LogP contribution in [0, 0.1) is 0 Å². The first-order chi connectivity index (χ1) is 7.92. The summed E-state index contributed by atoms with van der Waals surface area (Å²) >= 11 is 0. The van der Waals surface area contributed by atoms with Gasteiger partial charge in [0.05, 0.1) is 11.9 Å².